The zero-order valence-electron chi connectivity index (χ0n) is 7.52. The Balaban J connectivity index is 2.48. The average molecular weight is 187 g/mol. The molecule has 0 aromatic rings. The number of hydrogen-bond donors (Lipinski definition) is 1. The molecule has 0 amide bonds. The van der Waals surface area contributed by atoms with E-state index in [-0.39, 0.29) is 0 Å². The van der Waals surface area contributed by atoms with Gasteiger partial charge in [0.05, 0.1) is 11.5 Å². The van der Waals surface area contributed by atoms with Crippen molar-refractivity contribution in [3.05, 3.63) is 22.1 Å². The van der Waals surface area contributed by atoms with Crippen molar-refractivity contribution >= 4 is 0 Å². The largest absolute Gasteiger partial charge is 0.383 e. The molecule has 0 aliphatic carbocycles. The summed E-state index contributed by atoms with van der Waals surface area (Å²) in [6.45, 7) is 2.81. The van der Waals surface area contributed by atoms with Crippen LogP contribution in [0.3, 0.4) is 0 Å². The predicted octanol–water partition coefficient (Wildman–Crippen LogP) is -0.386. The molecule has 0 bridgehead atoms. The molecule has 1 rings (SSSR count). The molecule has 74 valence electrons. The van der Waals surface area contributed by atoms with Crippen molar-refractivity contribution in [1.29, 1.82) is 0 Å². The molecule has 6 heteroatoms. The summed E-state index contributed by atoms with van der Waals surface area (Å²) in [7, 11) is 1.61. The highest BCUT2D eigenvalue weighted by atomic mass is 16.6. The van der Waals surface area contributed by atoms with E-state index < -0.39 is 4.92 Å². The summed E-state index contributed by atoms with van der Waals surface area (Å²) in [4.78, 5) is 11.7. The summed E-state index contributed by atoms with van der Waals surface area (Å²) in [6, 6.07) is 0. The topological polar surface area (TPSA) is 67.6 Å². The lowest BCUT2D eigenvalue weighted by Crippen LogP contribution is -2.24. The Morgan fingerprint density at radius 2 is 2.62 bits per heavy atom. The molecule has 1 aliphatic heterocycles. The van der Waals surface area contributed by atoms with Gasteiger partial charge in [0, 0.05) is 26.7 Å². The molecule has 1 saturated heterocycles. The van der Waals surface area contributed by atoms with E-state index in [1.54, 1.807) is 7.11 Å². The van der Waals surface area contributed by atoms with Gasteiger partial charge >= 0.3 is 0 Å². The van der Waals surface area contributed by atoms with E-state index in [0.717, 1.165) is 19.3 Å². The number of nitro groups is 1. The fourth-order valence-electron chi connectivity index (χ4n) is 1.21. The third-order valence-electron chi connectivity index (χ3n) is 1.82. The van der Waals surface area contributed by atoms with Crippen LogP contribution in [0.4, 0.5) is 0 Å². The van der Waals surface area contributed by atoms with Gasteiger partial charge in [-0.2, -0.15) is 0 Å². The minimum Gasteiger partial charge on any atom is -0.383 e. The van der Waals surface area contributed by atoms with Crippen molar-refractivity contribution in [2.24, 2.45) is 0 Å². The quantitative estimate of drug-likeness (QED) is 0.479. The van der Waals surface area contributed by atoms with Gasteiger partial charge < -0.3 is 15.0 Å². The molecule has 1 N–H and O–H groups in total. The van der Waals surface area contributed by atoms with E-state index >= 15 is 0 Å². The maximum Gasteiger partial charge on any atom is 0.274 e. The minimum atomic E-state index is -0.451. The Morgan fingerprint density at radius 1 is 1.85 bits per heavy atom. The molecule has 6 nitrogen and oxygen atoms in total. The average Bonchev–Trinajstić information content (AvgIpc) is 2.48. The highest BCUT2D eigenvalue weighted by molar-refractivity contribution is 4.99. The summed E-state index contributed by atoms with van der Waals surface area (Å²) >= 11 is 0. The van der Waals surface area contributed by atoms with Gasteiger partial charge in [-0.25, -0.2) is 0 Å². The van der Waals surface area contributed by atoms with Crippen LogP contribution in [0.15, 0.2) is 12.0 Å². The number of nitrogens with one attached hydrogen (secondary N) is 1. The van der Waals surface area contributed by atoms with Crippen LogP contribution in [-0.2, 0) is 4.74 Å². The van der Waals surface area contributed by atoms with Crippen molar-refractivity contribution in [2.75, 3.05) is 33.4 Å². The maximum absolute atomic E-state index is 10.2. The van der Waals surface area contributed by atoms with E-state index in [9.17, 15) is 10.1 Å². The van der Waals surface area contributed by atoms with Crippen molar-refractivity contribution < 1.29 is 9.66 Å². The fourth-order valence-corrected chi connectivity index (χ4v) is 1.21. The highest BCUT2D eigenvalue weighted by Crippen LogP contribution is 2.05. The zero-order valence-corrected chi connectivity index (χ0v) is 7.52. The minimum absolute atomic E-state index is 0.451. The normalized spacial score (nSPS) is 19.2. The predicted molar refractivity (Wildman–Crippen MR) is 46.5 cm³/mol. The van der Waals surface area contributed by atoms with E-state index in [4.69, 9.17) is 4.74 Å². The monoisotopic (exact) mass is 187 g/mol. The Morgan fingerprint density at radius 3 is 3.23 bits per heavy atom. The molecule has 0 aromatic carbocycles. The summed E-state index contributed by atoms with van der Waals surface area (Å²) in [5.74, 6) is 0.571. The zero-order chi connectivity index (χ0) is 9.68. The van der Waals surface area contributed by atoms with Gasteiger partial charge in [0.25, 0.3) is 6.20 Å². The number of hydrogen-bond acceptors (Lipinski definition) is 5. The Labute approximate surface area is 76.3 Å². The smallest absolute Gasteiger partial charge is 0.274 e. The third-order valence-corrected chi connectivity index (χ3v) is 1.82. The molecule has 1 fully saturated rings. The van der Waals surface area contributed by atoms with Gasteiger partial charge in [-0.15, -0.1) is 0 Å². The van der Waals surface area contributed by atoms with Crippen molar-refractivity contribution in [1.82, 2.24) is 10.2 Å². The van der Waals surface area contributed by atoms with E-state index in [2.05, 4.69) is 5.32 Å². The van der Waals surface area contributed by atoms with Gasteiger partial charge in [-0.05, 0) is 0 Å². The van der Waals surface area contributed by atoms with E-state index in [1.807, 2.05) is 4.90 Å². The third kappa shape index (κ3) is 2.90. The van der Waals surface area contributed by atoms with Gasteiger partial charge in [0.2, 0.25) is 0 Å². The van der Waals surface area contributed by atoms with Crippen molar-refractivity contribution in [2.45, 2.75) is 0 Å². The molecule has 1 aliphatic rings. The molecule has 1 heterocycles. The molecule has 0 unspecified atom stereocenters. The van der Waals surface area contributed by atoms with Crippen LogP contribution in [0.1, 0.15) is 0 Å². The maximum atomic E-state index is 10.2. The first-order valence-electron chi connectivity index (χ1n) is 4.07. The molecule has 0 radical (unpaired) electrons. The second-order valence-electron chi connectivity index (χ2n) is 2.71. The summed E-state index contributed by atoms with van der Waals surface area (Å²) in [6.07, 6.45) is 0.989. The number of rotatable bonds is 4. The number of nitrogens with zero attached hydrogens (tertiary/aromatic N) is 2. The van der Waals surface area contributed by atoms with Crippen LogP contribution in [0, 0.1) is 10.1 Å². The molecule has 0 spiro atoms. The lowest BCUT2D eigenvalue weighted by molar-refractivity contribution is -0.404. The molecular formula is C7H13N3O3. The van der Waals surface area contributed by atoms with Gasteiger partial charge in [-0.3, -0.25) is 10.1 Å². The summed E-state index contributed by atoms with van der Waals surface area (Å²) in [5, 5.41) is 13.1. The first-order valence-corrected chi connectivity index (χ1v) is 4.07. The molecular weight excluding hydrogens is 174 g/mol. The van der Waals surface area contributed by atoms with Gasteiger partial charge in [-0.1, -0.05) is 0 Å². The van der Waals surface area contributed by atoms with E-state index in [1.165, 1.54) is 0 Å². The van der Waals surface area contributed by atoms with Crippen LogP contribution < -0.4 is 5.32 Å². The van der Waals surface area contributed by atoms with E-state index in [0.29, 0.717) is 19.0 Å². The first kappa shape index (κ1) is 9.79. The second-order valence-corrected chi connectivity index (χ2v) is 2.71. The van der Waals surface area contributed by atoms with Crippen LogP contribution >= 0.6 is 0 Å². The molecule has 0 atom stereocenters. The van der Waals surface area contributed by atoms with Crippen LogP contribution in [0.5, 0.6) is 0 Å². The number of methoxy groups -OCH3 is 1. The Bertz CT molecular complexity index is 217. The lowest BCUT2D eigenvalue weighted by atomic mass is 10.5. The van der Waals surface area contributed by atoms with Crippen molar-refractivity contribution in [3.63, 3.8) is 0 Å². The summed E-state index contributed by atoms with van der Waals surface area (Å²) in [5.41, 5.74) is 0. The standard InChI is InChI=1S/C7H13N3O3/c1-13-5-4-9-3-2-8-7(9)6-10(11)12/h6,8H,2-5H2,1H3/b7-6+. The number of ether oxygens (including phenoxy) is 1. The summed E-state index contributed by atoms with van der Waals surface area (Å²) < 4.78 is 4.89. The lowest BCUT2D eigenvalue weighted by Gasteiger charge is -2.15. The Hall–Kier alpha value is -1.30. The van der Waals surface area contributed by atoms with Crippen LogP contribution in [-0.4, -0.2) is 43.2 Å². The second kappa shape index (κ2) is 4.66. The highest BCUT2D eigenvalue weighted by Gasteiger charge is 2.18. The van der Waals surface area contributed by atoms with Crippen molar-refractivity contribution in [3.8, 4) is 0 Å². The van der Waals surface area contributed by atoms with Crippen LogP contribution in [0.25, 0.3) is 0 Å². The van der Waals surface area contributed by atoms with Gasteiger partial charge in [0.1, 0.15) is 0 Å². The SMILES string of the molecule is COCCN1CCN/C1=C\[N+](=O)[O-]. The fraction of sp³-hybridized carbons (Fsp3) is 0.714. The first-order chi connectivity index (χ1) is 6.24. The molecule has 0 saturated carbocycles. The molecule has 13 heavy (non-hydrogen) atoms. The Kier molecular flexibility index (Phi) is 3.51. The van der Waals surface area contributed by atoms with Crippen LogP contribution in [0.2, 0.25) is 0 Å². The van der Waals surface area contributed by atoms with Gasteiger partial charge in [0.15, 0.2) is 5.82 Å². The molecule has 0 aromatic heterocycles.